The Hall–Kier alpha value is -3.17. The summed E-state index contributed by atoms with van der Waals surface area (Å²) in [6.07, 6.45) is -3.78. The van der Waals surface area contributed by atoms with Gasteiger partial charge in [0.2, 0.25) is 0 Å². The second-order valence-corrected chi connectivity index (χ2v) is 8.34. The molecule has 0 radical (unpaired) electrons. The summed E-state index contributed by atoms with van der Waals surface area (Å²) in [4.78, 5) is 42.0. The lowest BCUT2D eigenvalue weighted by Gasteiger charge is -2.13. The number of pyridine rings is 1. The van der Waals surface area contributed by atoms with Crippen molar-refractivity contribution in [2.45, 2.75) is 53.4 Å². The first-order valence-corrected chi connectivity index (χ1v) is 10.2. The maximum atomic E-state index is 13.0. The van der Waals surface area contributed by atoms with Gasteiger partial charge in [0.25, 0.3) is 5.56 Å². The number of halogens is 3. The van der Waals surface area contributed by atoms with Crippen LogP contribution in [0, 0.1) is 19.8 Å². The zero-order chi connectivity index (χ0) is 24.0. The second kappa shape index (κ2) is 8.40. The van der Waals surface area contributed by atoms with E-state index >= 15 is 0 Å². The number of carbonyl (C=O) groups is 1. The van der Waals surface area contributed by atoms with Gasteiger partial charge in [-0.1, -0.05) is 13.8 Å². The van der Waals surface area contributed by atoms with Crippen LogP contribution in [0.3, 0.4) is 0 Å². The van der Waals surface area contributed by atoms with E-state index in [9.17, 15) is 27.6 Å². The zero-order valence-corrected chi connectivity index (χ0v) is 18.6. The van der Waals surface area contributed by atoms with E-state index in [4.69, 9.17) is 0 Å². The van der Waals surface area contributed by atoms with Gasteiger partial charge in [0.05, 0.1) is 11.9 Å². The lowest BCUT2D eigenvalue weighted by molar-refractivity contribution is -0.141. The largest absolute Gasteiger partial charge is 0.433 e. The smallest absolute Gasteiger partial charge is 0.348 e. The molecule has 3 aromatic heterocycles. The first kappa shape index (κ1) is 23.5. The van der Waals surface area contributed by atoms with E-state index in [1.165, 1.54) is 7.05 Å². The Morgan fingerprint density at radius 3 is 2.38 bits per heavy atom. The Labute approximate surface area is 182 Å². The summed E-state index contributed by atoms with van der Waals surface area (Å²) in [5.41, 5.74) is -1.30. The minimum Gasteiger partial charge on any atom is -0.348 e. The summed E-state index contributed by atoms with van der Waals surface area (Å²) in [7, 11) is 1.22. The molecule has 0 atom stereocenters. The highest BCUT2D eigenvalue weighted by Gasteiger charge is 2.33. The van der Waals surface area contributed by atoms with Crippen LogP contribution < -0.4 is 11.2 Å². The summed E-state index contributed by atoms with van der Waals surface area (Å²) < 4.78 is 42.6. The Morgan fingerprint density at radius 1 is 1.12 bits per heavy atom. The number of fused-ring (bicyclic) bond motifs is 1. The number of aryl methyl sites for hydroxylation is 2. The average molecular weight is 450 g/mol. The Bertz CT molecular complexity index is 1310. The predicted molar refractivity (Wildman–Crippen MR) is 114 cm³/mol. The van der Waals surface area contributed by atoms with Crippen LogP contribution in [-0.2, 0) is 26.3 Å². The highest BCUT2D eigenvalue weighted by atomic mass is 19.4. The van der Waals surface area contributed by atoms with E-state index in [0.717, 1.165) is 39.6 Å². The third-order valence-electron chi connectivity index (χ3n) is 5.58. The van der Waals surface area contributed by atoms with E-state index in [1.807, 2.05) is 18.4 Å². The maximum Gasteiger partial charge on any atom is 0.433 e. The normalized spacial score (nSPS) is 12.2. The number of carbonyl (C=O) groups excluding carboxylic acids is 1. The highest BCUT2D eigenvalue weighted by molar-refractivity contribution is 5.97. The Balaban J connectivity index is 2.03. The summed E-state index contributed by atoms with van der Waals surface area (Å²) in [5, 5.41) is -0.171. The molecule has 0 saturated carbocycles. The molecule has 10 heteroatoms. The molecule has 3 heterocycles. The van der Waals surface area contributed by atoms with Gasteiger partial charge in [-0.3, -0.25) is 18.7 Å². The van der Waals surface area contributed by atoms with E-state index in [0.29, 0.717) is 17.5 Å². The number of rotatable bonds is 6. The van der Waals surface area contributed by atoms with Crippen molar-refractivity contribution in [2.24, 2.45) is 13.0 Å². The Morgan fingerprint density at radius 2 is 1.78 bits per heavy atom. The molecule has 0 aliphatic rings. The summed E-state index contributed by atoms with van der Waals surface area (Å²) in [6, 6.07) is 3.39. The van der Waals surface area contributed by atoms with Gasteiger partial charge in [0.15, 0.2) is 5.78 Å². The fraction of sp³-hybridized carbons (Fsp3) is 0.455. The van der Waals surface area contributed by atoms with E-state index < -0.39 is 35.4 Å². The van der Waals surface area contributed by atoms with Crippen molar-refractivity contribution in [3.63, 3.8) is 0 Å². The number of aromatic nitrogens is 4. The molecule has 0 aliphatic heterocycles. The molecule has 3 aromatic rings. The van der Waals surface area contributed by atoms with Gasteiger partial charge in [-0.25, -0.2) is 9.78 Å². The van der Waals surface area contributed by atoms with Crippen molar-refractivity contribution in [1.29, 1.82) is 0 Å². The lowest BCUT2D eigenvalue weighted by Crippen LogP contribution is -2.41. The van der Waals surface area contributed by atoms with Crippen LogP contribution in [-0.4, -0.2) is 24.5 Å². The second-order valence-electron chi connectivity index (χ2n) is 8.34. The molecule has 0 amide bonds. The van der Waals surface area contributed by atoms with Gasteiger partial charge in [0, 0.05) is 30.5 Å². The van der Waals surface area contributed by atoms with Gasteiger partial charge in [-0.05, 0) is 44.4 Å². The molecule has 0 unspecified atom stereocenters. The van der Waals surface area contributed by atoms with Gasteiger partial charge in [0.1, 0.15) is 11.3 Å². The van der Waals surface area contributed by atoms with Gasteiger partial charge >= 0.3 is 11.9 Å². The third-order valence-corrected chi connectivity index (χ3v) is 5.58. The monoisotopic (exact) mass is 450 g/mol. The molecule has 0 aromatic carbocycles. The lowest BCUT2D eigenvalue weighted by atomic mass is 10.1. The van der Waals surface area contributed by atoms with Crippen LogP contribution in [0.15, 0.2) is 27.8 Å². The minimum atomic E-state index is -4.72. The molecule has 0 aliphatic carbocycles. The maximum absolute atomic E-state index is 13.0. The SMILES string of the molecule is Cc1cc(C(=O)Cn2c(=O)c3ccc(C(F)(F)F)nc3n(C)c2=O)c(C)n1CCC(C)C. The Kier molecular flexibility index (Phi) is 6.17. The van der Waals surface area contributed by atoms with E-state index in [1.54, 1.807) is 6.07 Å². The van der Waals surface area contributed by atoms with Crippen LogP contribution in [0.2, 0.25) is 0 Å². The van der Waals surface area contributed by atoms with Crippen molar-refractivity contribution in [3.8, 4) is 0 Å². The topological polar surface area (TPSA) is 78.9 Å². The number of alkyl halides is 3. The van der Waals surface area contributed by atoms with Crippen LogP contribution in [0.1, 0.15) is 47.7 Å². The molecule has 3 rings (SSSR count). The molecule has 0 spiro atoms. The molecule has 7 nitrogen and oxygen atoms in total. The molecule has 0 N–H and O–H groups in total. The first-order chi connectivity index (χ1) is 14.8. The van der Waals surface area contributed by atoms with Crippen molar-refractivity contribution in [1.82, 2.24) is 18.7 Å². The van der Waals surface area contributed by atoms with E-state index in [-0.39, 0.29) is 11.0 Å². The third kappa shape index (κ3) is 4.26. The van der Waals surface area contributed by atoms with Crippen LogP contribution >= 0.6 is 0 Å². The fourth-order valence-corrected chi connectivity index (χ4v) is 3.72. The first-order valence-electron chi connectivity index (χ1n) is 10.2. The number of nitrogens with zero attached hydrogens (tertiary/aromatic N) is 4. The number of ketones is 1. The minimum absolute atomic E-state index is 0.171. The summed E-state index contributed by atoms with van der Waals surface area (Å²) in [5.74, 6) is 0.0633. The average Bonchev–Trinajstić information content (AvgIpc) is 3.00. The highest BCUT2D eigenvalue weighted by Crippen LogP contribution is 2.28. The van der Waals surface area contributed by atoms with Crippen LogP contribution in [0.25, 0.3) is 11.0 Å². The number of hydrogen-bond acceptors (Lipinski definition) is 4. The van der Waals surface area contributed by atoms with Crippen molar-refractivity contribution >= 4 is 16.8 Å². The molecule has 0 bridgehead atoms. The zero-order valence-electron chi connectivity index (χ0n) is 18.6. The molecular weight excluding hydrogens is 425 g/mol. The fourth-order valence-electron chi connectivity index (χ4n) is 3.72. The standard InChI is InChI=1S/C22H25F3N4O3/c1-12(2)8-9-28-13(3)10-16(14(28)4)17(30)11-29-20(31)15-6-7-18(22(23,24)25)26-19(15)27(5)21(29)32/h6-7,10,12H,8-9,11H2,1-5H3. The summed E-state index contributed by atoms with van der Waals surface area (Å²) in [6.45, 7) is 8.13. The molecule has 0 saturated heterocycles. The van der Waals surface area contributed by atoms with Crippen molar-refractivity contribution < 1.29 is 18.0 Å². The van der Waals surface area contributed by atoms with Crippen LogP contribution in [0.5, 0.6) is 0 Å². The molecule has 0 fully saturated rings. The molecule has 172 valence electrons. The van der Waals surface area contributed by atoms with E-state index in [2.05, 4.69) is 18.8 Å². The van der Waals surface area contributed by atoms with Gasteiger partial charge in [-0.2, -0.15) is 13.2 Å². The quantitative estimate of drug-likeness (QED) is 0.539. The van der Waals surface area contributed by atoms with Crippen molar-refractivity contribution in [2.75, 3.05) is 0 Å². The van der Waals surface area contributed by atoms with Crippen LogP contribution in [0.4, 0.5) is 13.2 Å². The predicted octanol–water partition coefficient (Wildman–Crippen LogP) is 3.46. The number of Topliss-reactive ketones (excluding diaryl/α,β-unsaturated/α-hetero) is 1. The van der Waals surface area contributed by atoms with Gasteiger partial charge in [-0.15, -0.1) is 0 Å². The number of hydrogen-bond donors (Lipinski definition) is 0. The molecular formula is C22H25F3N4O3. The van der Waals surface area contributed by atoms with Crippen molar-refractivity contribution in [3.05, 3.63) is 61.7 Å². The molecule has 32 heavy (non-hydrogen) atoms. The van der Waals surface area contributed by atoms with Gasteiger partial charge < -0.3 is 4.57 Å². The summed E-state index contributed by atoms with van der Waals surface area (Å²) >= 11 is 0.